The number of rotatable bonds is 5. The van der Waals surface area contributed by atoms with Crippen LogP contribution in [0, 0.1) is 22.7 Å². The minimum absolute atomic E-state index is 0.421. The number of aliphatic hydroxyl groups is 1. The smallest absolute Gasteiger partial charge is 0.0992 e. The molecule has 4 nitrogen and oxygen atoms in total. The highest BCUT2D eigenvalue weighted by molar-refractivity contribution is 5.58. The number of benzene rings is 1. The van der Waals surface area contributed by atoms with Crippen LogP contribution in [-0.4, -0.2) is 18.2 Å². The summed E-state index contributed by atoms with van der Waals surface area (Å²) >= 11 is 0. The van der Waals surface area contributed by atoms with E-state index in [1.54, 1.807) is 25.1 Å². The average molecular weight is 243 g/mol. The number of hydrogen-bond acceptors (Lipinski definition) is 4. The molecule has 4 heteroatoms. The fourth-order valence-electron chi connectivity index (χ4n) is 1.87. The summed E-state index contributed by atoms with van der Waals surface area (Å²) in [5, 5.41) is 27.4. The van der Waals surface area contributed by atoms with Crippen LogP contribution >= 0.6 is 0 Å². The first-order valence-corrected chi connectivity index (χ1v) is 5.98. The average Bonchev–Trinajstić information content (AvgIpc) is 2.39. The van der Waals surface area contributed by atoms with Gasteiger partial charge >= 0.3 is 0 Å². The van der Waals surface area contributed by atoms with Gasteiger partial charge < -0.3 is 10.0 Å². The molecule has 1 N–H and O–H groups in total. The zero-order valence-electron chi connectivity index (χ0n) is 10.7. The summed E-state index contributed by atoms with van der Waals surface area (Å²) in [5.41, 5.74) is 2.18. The van der Waals surface area contributed by atoms with Crippen molar-refractivity contribution in [3.05, 3.63) is 29.3 Å². The molecule has 0 saturated heterocycles. The molecule has 0 aliphatic heterocycles. The Labute approximate surface area is 108 Å². The predicted octanol–water partition coefficient (Wildman–Crippen LogP) is 2.35. The van der Waals surface area contributed by atoms with Gasteiger partial charge in [-0.1, -0.05) is 6.07 Å². The minimum atomic E-state index is -0.594. The predicted molar refractivity (Wildman–Crippen MR) is 69.9 cm³/mol. The summed E-state index contributed by atoms with van der Waals surface area (Å²) in [4.78, 5) is 2.01. The van der Waals surface area contributed by atoms with Gasteiger partial charge in [-0.05, 0) is 26.0 Å². The van der Waals surface area contributed by atoms with Crippen LogP contribution in [0.4, 0.5) is 5.69 Å². The molecule has 0 aliphatic rings. The van der Waals surface area contributed by atoms with Crippen molar-refractivity contribution in [3.8, 4) is 12.1 Å². The van der Waals surface area contributed by atoms with Crippen molar-refractivity contribution in [2.24, 2.45) is 0 Å². The molecule has 0 bridgehead atoms. The summed E-state index contributed by atoms with van der Waals surface area (Å²) in [6.07, 6.45) is -0.173. The third-order valence-corrected chi connectivity index (χ3v) is 2.83. The summed E-state index contributed by atoms with van der Waals surface area (Å²) in [7, 11) is 0. The fraction of sp³-hybridized carbons (Fsp3) is 0.429. The maximum atomic E-state index is 9.76. The van der Waals surface area contributed by atoms with Crippen LogP contribution in [0.1, 0.15) is 37.5 Å². The van der Waals surface area contributed by atoms with E-state index in [4.69, 9.17) is 10.5 Å². The highest BCUT2D eigenvalue weighted by Gasteiger charge is 2.14. The van der Waals surface area contributed by atoms with Gasteiger partial charge in [-0.2, -0.15) is 10.5 Å². The number of nitrogens with zero attached hydrogens (tertiary/aromatic N) is 3. The Morgan fingerprint density at radius 2 is 2.11 bits per heavy atom. The maximum Gasteiger partial charge on any atom is 0.0992 e. The number of aliphatic hydroxyl groups excluding tert-OH is 1. The van der Waals surface area contributed by atoms with E-state index in [0.29, 0.717) is 18.5 Å². The quantitative estimate of drug-likeness (QED) is 0.861. The lowest BCUT2D eigenvalue weighted by Gasteiger charge is -2.26. The normalized spacial score (nSPS) is 11.4. The second-order valence-electron chi connectivity index (χ2n) is 4.05. The van der Waals surface area contributed by atoms with E-state index < -0.39 is 6.10 Å². The van der Waals surface area contributed by atoms with Gasteiger partial charge in [0.2, 0.25) is 0 Å². The molecule has 1 aromatic carbocycles. The Balaban J connectivity index is 3.17. The molecule has 0 aliphatic carbocycles. The van der Waals surface area contributed by atoms with Crippen LogP contribution in [-0.2, 0) is 0 Å². The molecule has 1 atom stereocenters. The molecule has 0 heterocycles. The van der Waals surface area contributed by atoms with Crippen molar-refractivity contribution < 1.29 is 5.11 Å². The lowest BCUT2D eigenvalue weighted by atomic mass is 10.0. The standard InChI is InChI=1S/C14H17N3O/c1-3-17(8-4-7-15)14-9-12(10-16)5-6-13(14)11(2)18/h5-6,9,11,18H,3-4,8H2,1-2H3/t11-/m1/s1. The van der Waals surface area contributed by atoms with Gasteiger partial charge in [0.25, 0.3) is 0 Å². The Morgan fingerprint density at radius 3 is 2.61 bits per heavy atom. The Bertz CT molecular complexity index is 483. The largest absolute Gasteiger partial charge is 0.389 e. The first kappa shape index (κ1) is 14.0. The Kier molecular flexibility index (Phi) is 5.17. The molecule has 0 spiro atoms. The van der Waals surface area contributed by atoms with Crippen molar-refractivity contribution in [2.45, 2.75) is 26.4 Å². The Morgan fingerprint density at radius 1 is 1.39 bits per heavy atom. The minimum Gasteiger partial charge on any atom is -0.389 e. The molecule has 0 amide bonds. The monoisotopic (exact) mass is 243 g/mol. The van der Waals surface area contributed by atoms with Gasteiger partial charge in [0.15, 0.2) is 0 Å². The van der Waals surface area contributed by atoms with Crippen molar-refractivity contribution >= 4 is 5.69 Å². The van der Waals surface area contributed by atoms with Crippen molar-refractivity contribution in [1.29, 1.82) is 10.5 Å². The van der Waals surface area contributed by atoms with Gasteiger partial charge in [-0.3, -0.25) is 0 Å². The highest BCUT2D eigenvalue weighted by Crippen LogP contribution is 2.27. The van der Waals surface area contributed by atoms with Crippen LogP contribution in [0.3, 0.4) is 0 Å². The zero-order chi connectivity index (χ0) is 13.5. The van der Waals surface area contributed by atoms with E-state index >= 15 is 0 Å². The molecule has 1 rings (SSSR count). The van der Waals surface area contributed by atoms with Crippen LogP contribution < -0.4 is 4.90 Å². The van der Waals surface area contributed by atoms with Gasteiger partial charge in [0, 0.05) is 24.3 Å². The molecule has 0 unspecified atom stereocenters. The van der Waals surface area contributed by atoms with Gasteiger partial charge in [-0.25, -0.2) is 0 Å². The van der Waals surface area contributed by atoms with Crippen LogP contribution in [0.5, 0.6) is 0 Å². The molecule has 18 heavy (non-hydrogen) atoms. The lowest BCUT2D eigenvalue weighted by molar-refractivity contribution is 0.199. The molecule has 1 aromatic rings. The summed E-state index contributed by atoms with van der Waals surface area (Å²) in [6, 6.07) is 9.44. The molecule has 0 aromatic heterocycles. The summed E-state index contributed by atoms with van der Waals surface area (Å²) < 4.78 is 0. The molecule has 0 saturated carbocycles. The van der Waals surface area contributed by atoms with Crippen LogP contribution in [0.2, 0.25) is 0 Å². The van der Waals surface area contributed by atoms with Crippen molar-refractivity contribution in [2.75, 3.05) is 18.0 Å². The number of hydrogen-bond donors (Lipinski definition) is 1. The first-order chi connectivity index (χ1) is 8.63. The maximum absolute atomic E-state index is 9.76. The fourth-order valence-corrected chi connectivity index (χ4v) is 1.87. The van der Waals surface area contributed by atoms with Gasteiger partial charge in [0.1, 0.15) is 0 Å². The topological polar surface area (TPSA) is 71.0 Å². The number of anilines is 1. The highest BCUT2D eigenvalue weighted by atomic mass is 16.3. The van der Waals surface area contributed by atoms with E-state index in [9.17, 15) is 5.11 Å². The van der Waals surface area contributed by atoms with E-state index in [1.165, 1.54) is 0 Å². The van der Waals surface area contributed by atoms with E-state index in [2.05, 4.69) is 12.1 Å². The van der Waals surface area contributed by atoms with Crippen molar-refractivity contribution in [3.63, 3.8) is 0 Å². The lowest BCUT2D eigenvalue weighted by Crippen LogP contribution is -2.25. The summed E-state index contributed by atoms with van der Waals surface area (Å²) in [6.45, 7) is 5.02. The van der Waals surface area contributed by atoms with Gasteiger partial charge in [-0.15, -0.1) is 0 Å². The SMILES string of the molecule is CCN(CCC#N)c1cc(C#N)ccc1[C@@H](C)O. The number of nitriles is 2. The van der Waals surface area contributed by atoms with Crippen LogP contribution in [0.15, 0.2) is 18.2 Å². The second-order valence-corrected chi connectivity index (χ2v) is 4.05. The molecular weight excluding hydrogens is 226 g/mol. The molecular formula is C14H17N3O. The zero-order valence-corrected chi connectivity index (χ0v) is 10.7. The molecule has 94 valence electrons. The first-order valence-electron chi connectivity index (χ1n) is 5.98. The molecule has 0 radical (unpaired) electrons. The van der Waals surface area contributed by atoms with Crippen LogP contribution in [0.25, 0.3) is 0 Å². The summed E-state index contributed by atoms with van der Waals surface area (Å²) in [5.74, 6) is 0. The van der Waals surface area contributed by atoms with E-state index in [1.807, 2.05) is 11.8 Å². The third-order valence-electron chi connectivity index (χ3n) is 2.83. The van der Waals surface area contributed by atoms with Crippen molar-refractivity contribution in [1.82, 2.24) is 0 Å². The Hall–Kier alpha value is -2.04. The van der Waals surface area contributed by atoms with Gasteiger partial charge in [0.05, 0.1) is 30.2 Å². The van der Waals surface area contributed by atoms with E-state index in [0.717, 1.165) is 17.8 Å². The van der Waals surface area contributed by atoms with E-state index in [-0.39, 0.29) is 0 Å². The second kappa shape index (κ2) is 6.64. The third kappa shape index (κ3) is 3.23. The molecule has 0 fully saturated rings.